The van der Waals surface area contributed by atoms with E-state index in [0.29, 0.717) is 5.92 Å². The molecule has 14 heavy (non-hydrogen) atoms. The molecule has 3 rings (SSSR count). The number of ether oxygens (including phenoxy) is 1. The Labute approximate surface area is 81.9 Å². The molecule has 1 aliphatic heterocycles. The molecule has 0 aromatic carbocycles. The molecule has 1 saturated heterocycles. The lowest BCUT2D eigenvalue weighted by Crippen LogP contribution is -2.32. The highest BCUT2D eigenvalue weighted by molar-refractivity contribution is 5.77. The Kier molecular flexibility index (Phi) is 1.55. The van der Waals surface area contributed by atoms with Gasteiger partial charge in [-0.15, -0.1) is 0 Å². The lowest BCUT2D eigenvalue weighted by molar-refractivity contribution is -0.148. The molecule has 0 bridgehead atoms. The van der Waals surface area contributed by atoms with Crippen LogP contribution in [0.2, 0.25) is 0 Å². The molecule has 7 atom stereocenters. The minimum Gasteiger partial charge on any atom is -0.462 e. The molecular weight excluding hydrogens is 184 g/mol. The largest absolute Gasteiger partial charge is 0.462 e. The van der Waals surface area contributed by atoms with E-state index in [1.54, 1.807) is 0 Å². The van der Waals surface area contributed by atoms with Crippen molar-refractivity contribution >= 4 is 5.97 Å². The monoisotopic (exact) mass is 198 g/mol. The van der Waals surface area contributed by atoms with E-state index >= 15 is 0 Å². The van der Waals surface area contributed by atoms with Crippen LogP contribution in [0.5, 0.6) is 0 Å². The fourth-order valence-electron chi connectivity index (χ4n) is 3.66. The predicted octanol–water partition coefficient (Wildman–Crippen LogP) is -0.464. The van der Waals surface area contributed by atoms with Gasteiger partial charge in [0.2, 0.25) is 0 Å². The van der Waals surface area contributed by atoms with E-state index in [2.05, 4.69) is 6.92 Å². The van der Waals surface area contributed by atoms with Gasteiger partial charge in [0, 0.05) is 5.92 Å². The van der Waals surface area contributed by atoms with Crippen LogP contribution in [0.4, 0.5) is 0 Å². The van der Waals surface area contributed by atoms with Crippen LogP contribution in [-0.2, 0) is 9.53 Å². The van der Waals surface area contributed by atoms with Crippen LogP contribution in [0, 0.1) is 23.7 Å². The third kappa shape index (κ3) is 0.792. The topological polar surface area (TPSA) is 66.8 Å². The quantitative estimate of drug-likeness (QED) is 0.517. The van der Waals surface area contributed by atoms with Crippen molar-refractivity contribution in [1.29, 1.82) is 0 Å². The summed E-state index contributed by atoms with van der Waals surface area (Å²) in [5, 5.41) is 19.5. The Hall–Kier alpha value is -0.610. The Morgan fingerprint density at radius 3 is 2.71 bits per heavy atom. The van der Waals surface area contributed by atoms with Gasteiger partial charge >= 0.3 is 5.97 Å². The highest BCUT2D eigenvalue weighted by atomic mass is 16.6. The lowest BCUT2D eigenvalue weighted by Gasteiger charge is -2.18. The summed E-state index contributed by atoms with van der Waals surface area (Å²) in [6.07, 6.45) is -0.871. The van der Waals surface area contributed by atoms with Crippen LogP contribution in [-0.4, -0.2) is 34.5 Å². The number of hydrogen-bond acceptors (Lipinski definition) is 4. The van der Waals surface area contributed by atoms with Crippen LogP contribution in [0.1, 0.15) is 13.3 Å². The highest BCUT2D eigenvalue weighted by Crippen LogP contribution is 2.55. The van der Waals surface area contributed by atoms with Crippen molar-refractivity contribution in [1.82, 2.24) is 0 Å². The minimum absolute atomic E-state index is 0.0476. The van der Waals surface area contributed by atoms with E-state index in [-0.39, 0.29) is 23.9 Å². The minimum atomic E-state index is -0.912. The van der Waals surface area contributed by atoms with Gasteiger partial charge < -0.3 is 14.9 Å². The van der Waals surface area contributed by atoms with Crippen LogP contribution in [0.25, 0.3) is 0 Å². The zero-order chi connectivity index (χ0) is 10.0. The van der Waals surface area contributed by atoms with Crippen LogP contribution in [0.3, 0.4) is 0 Å². The molecule has 4 heteroatoms. The van der Waals surface area contributed by atoms with Crippen molar-refractivity contribution in [3.05, 3.63) is 0 Å². The molecule has 0 amide bonds. The maximum atomic E-state index is 11.4. The molecule has 2 N–H and O–H groups in total. The van der Waals surface area contributed by atoms with Crippen LogP contribution < -0.4 is 0 Å². The standard InChI is InChI=1S/C10H14O4/c1-3-2-4-6-5(3)8(11)9(12)7(6)10(13)14-4/h3-9,11-12H,2H2,1H3/t3-,4-,5+,6-,7-,8-,9+/m1/s1. The maximum Gasteiger partial charge on any atom is 0.312 e. The fourth-order valence-corrected chi connectivity index (χ4v) is 3.66. The molecule has 3 fully saturated rings. The van der Waals surface area contributed by atoms with Crippen molar-refractivity contribution in [2.75, 3.05) is 0 Å². The third-order valence-corrected chi connectivity index (χ3v) is 4.20. The first-order valence-corrected chi connectivity index (χ1v) is 5.18. The molecule has 0 aromatic heterocycles. The molecule has 0 unspecified atom stereocenters. The second kappa shape index (κ2) is 2.49. The molecule has 3 aliphatic rings. The Morgan fingerprint density at radius 1 is 1.29 bits per heavy atom. The maximum absolute atomic E-state index is 11.4. The number of aliphatic hydroxyl groups excluding tert-OH is 2. The van der Waals surface area contributed by atoms with E-state index in [9.17, 15) is 15.0 Å². The molecule has 1 heterocycles. The molecule has 4 nitrogen and oxygen atoms in total. The van der Waals surface area contributed by atoms with Crippen LogP contribution in [0.15, 0.2) is 0 Å². The normalized spacial score (nSPS) is 60.2. The van der Waals surface area contributed by atoms with E-state index in [1.807, 2.05) is 0 Å². The van der Waals surface area contributed by atoms with Gasteiger partial charge in [0.1, 0.15) is 6.10 Å². The smallest absolute Gasteiger partial charge is 0.312 e. The number of hydrogen-bond donors (Lipinski definition) is 2. The molecule has 0 spiro atoms. The Morgan fingerprint density at radius 2 is 2.00 bits per heavy atom. The number of rotatable bonds is 0. The van der Waals surface area contributed by atoms with Gasteiger partial charge in [-0.05, 0) is 18.3 Å². The third-order valence-electron chi connectivity index (χ3n) is 4.20. The number of carbonyl (C=O) groups is 1. The number of carbonyl (C=O) groups excluding carboxylic acids is 1. The van der Waals surface area contributed by atoms with Crippen molar-refractivity contribution in [3.63, 3.8) is 0 Å². The van der Waals surface area contributed by atoms with E-state index < -0.39 is 18.1 Å². The van der Waals surface area contributed by atoms with Crippen molar-refractivity contribution in [2.45, 2.75) is 31.7 Å². The van der Waals surface area contributed by atoms with Crippen molar-refractivity contribution in [2.24, 2.45) is 23.7 Å². The summed E-state index contributed by atoms with van der Waals surface area (Å²) in [6, 6.07) is 0. The van der Waals surface area contributed by atoms with Crippen molar-refractivity contribution < 1.29 is 19.7 Å². The summed E-state index contributed by atoms with van der Waals surface area (Å²) < 4.78 is 5.20. The van der Waals surface area contributed by atoms with Gasteiger partial charge in [-0.3, -0.25) is 4.79 Å². The zero-order valence-corrected chi connectivity index (χ0v) is 7.96. The lowest BCUT2D eigenvalue weighted by atomic mass is 9.89. The van der Waals surface area contributed by atoms with E-state index in [0.717, 1.165) is 6.42 Å². The first kappa shape index (κ1) is 8.68. The van der Waals surface area contributed by atoms with Gasteiger partial charge in [-0.2, -0.15) is 0 Å². The van der Waals surface area contributed by atoms with Gasteiger partial charge in [0.15, 0.2) is 0 Å². The van der Waals surface area contributed by atoms with Gasteiger partial charge in [0.05, 0.1) is 18.1 Å². The van der Waals surface area contributed by atoms with Gasteiger partial charge in [0.25, 0.3) is 0 Å². The highest BCUT2D eigenvalue weighted by Gasteiger charge is 2.65. The van der Waals surface area contributed by atoms with Gasteiger partial charge in [-0.1, -0.05) is 6.92 Å². The zero-order valence-electron chi connectivity index (χ0n) is 7.96. The molecule has 0 radical (unpaired) electrons. The Balaban J connectivity index is 2.02. The number of aliphatic hydroxyl groups is 2. The Bertz CT molecular complexity index is 290. The average Bonchev–Trinajstić information content (AvgIpc) is 2.64. The summed E-state index contributed by atoms with van der Waals surface area (Å²) in [6.45, 7) is 2.05. The second-order valence-electron chi connectivity index (χ2n) is 4.85. The summed E-state index contributed by atoms with van der Waals surface area (Å²) >= 11 is 0. The summed E-state index contributed by atoms with van der Waals surface area (Å²) in [5.41, 5.74) is 0. The van der Waals surface area contributed by atoms with E-state index in [1.165, 1.54) is 0 Å². The second-order valence-corrected chi connectivity index (χ2v) is 4.85. The SMILES string of the molecule is C[C@@H]1C[C@H]2OC(=O)[C@H]3[C@H](O)[C@H](O)[C@@H]1[C@H]32. The molecule has 0 aromatic rings. The molecule has 2 saturated carbocycles. The van der Waals surface area contributed by atoms with Crippen LogP contribution >= 0.6 is 0 Å². The van der Waals surface area contributed by atoms with Gasteiger partial charge in [-0.25, -0.2) is 0 Å². The predicted molar refractivity (Wildman–Crippen MR) is 46.1 cm³/mol. The molecular formula is C10H14O4. The summed E-state index contributed by atoms with van der Waals surface area (Å²) in [5.74, 6) is -0.340. The summed E-state index contributed by atoms with van der Waals surface area (Å²) in [7, 11) is 0. The average molecular weight is 198 g/mol. The number of esters is 1. The first-order chi connectivity index (χ1) is 6.61. The first-order valence-electron chi connectivity index (χ1n) is 5.18. The summed E-state index contributed by atoms with van der Waals surface area (Å²) in [4.78, 5) is 11.4. The van der Waals surface area contributed by atoms with Crippen molar-refractivity contribution in [3.8, 4) is 0 Å². The van der Waals surface area contributed by atoms with E-state index in [4.69, 9.17) is 4.74 Å². The molecule has 78 valence electrons. The fraction of sp³-hybridized carbons (Fsp3) is 0.900. The molecule has 2 aliphatic carbocycles.